The zero-order chi connectivity index (χ0) is 13.6. The second-order valence-electron chi connectivity index (χ2n) is 4.55. The number of nitrogens with zero attached hydrogens (tertiary/aromatic N) is 3. The summed E-state index contributed by atoms with van der Waals surface area (Å²) in [6, 6.07) is 6.02. The van der Waals surface area contributed by atoms with Crippen LogP contribution in [-0.4, -0.2) is 16.3 Å². The van der Waals surface area contributed by atoms with Crippen LogP contribution in [0.5, 0.6) is 11.5 Å². The van der Waals surface area contributed by atoms with Crippen molar-refractivity contribution < 1.29 is 9.47 Å². The first kappa shape index (κ1) is 11.6. The first-order valence-electron chi connectivity index (χ1n) is 5.96. The molecule has 5 heteroatoms. The van der Waals surface area contributed by atoms with Crippen LogP contribution in [0.2, 0.25) is 0 Å². The second-order valence-corrected chi connectivity index (χ2v) is 4.55. The number of aromatic nitrogens is 2. The molecule has 2 heterocycles. The van der Waals surface area contributed by atoms with Gasteiger partial charge in [0.15, 0.2) is 11.5 Å². The van der Waals surface area contributed by atoms with Crippen molar-refractivity contribution in [1.29, 1.82) is 5.26 Å². The summed E-state index contributed by atoms with van der Waals surface area (Å²) in [7, 11) is 1.84. The molecule has 0 saturated carbocycles. The predicted octanol–water partition coefficient (Wildman–Crippen LogP) is 2.30. The van der Waals surface area contributed by atoms with Gasteiger partial charge in [-0.3, -0.25) is 0 Å². The highest BCUT2D eigenvalue weighted by molar-refractivity contribution is 5.72. The third-order valence-electron chi connectivity index (χ3n) is 3.40. The Morgan fingerprint density at radius 1 is 1.26 bits per heavy atom. The molecular formula is C14H13N3O2. The average Bonchev–Trinajstić information content (AvgIpc) is 2.94. The van der Waals surface area contributed by atoms with Gasteiger partial charge in [-0.25, -0.2) is 4.98 Å². The molecule has 1 aromatic heterocycles. The second kappa shape index (κ2) is 4.02. The quantitative estimate of drug-likeness (QED) is 0.784. The largest absolute Gasteiger partial charge is 0.454 e. The summed E-state index contributed by atoms with van der Waals surface area (Å²) >= 11 is 0. The highest BCUT2D eigenvalue weighted by atomic mass is 16.7. The van der Waals surface area contributed by atoms with Crippen molar-refractivity contribution >= 4 is 0 Å². The van der Waals surface area contributed by atoms with Gasteiger partial charge in [0.05, 0.1) is 0 Å². The maximum Gasteiger partial charge on any atom is 0.231 e. The smallest absolute Gasteiger partial charge is 0.231 e. The fraction of sp³-hybridized carbons (Fsp3) is 0.286. The highest BCUT2D eigenvalue weighted by Gasteiger charge is 2.20. The van der Waals surface area contributed by atoms with E-state index in [9.17, 15) is 5.26 Å². The molecule has 1 aliphatic heterocycles. The van der Waals surface area contributed by atoms with Crippen molar-refractivity contribution in [3.05, 3.63) is 29.2 Å². The minimum absolute atomic E-state index is 0.241. The number of ether oxygens (including phenoxy) is 2. The van der Waals surface area contributed by atoms with Crippen LogP contribution in [0.3, 0.4) is 0 Å². The van der Waals surface area contributed by atoms with Gasteiger partial charge in [0, 0.05) is 12.6 Å². The molecule has 0 atom stereocenters. The summed E-state index contributed by atoms with van der Waals surface area (Å²) in [6.45, 7) is 4.10. The Bertz CT molecular complexity index is 710. The molecule has 0 radical (unpaired) electrons. The van der Waals surface area contributed by atoms with E-state index in [0.717, 1.165) is 22.7 Å². The molecule has 96 valence electrons. The molecule has 0 fully saturated rings. The van der Waals surface area contributed by atoms with Gasteiger partial charge in [0.2, 0.25) is 6.79 Å². The zero-order valence-corrected chi connectivity index (χ0v) is 11.0. The lowest BCUT2D eigenvalue weighted by atomic mass is 10.0. The van der Waals surface area contributed by atoms with Crippen LogP contribution in [0.25, 0.3) is 11.3 Å². The van der Waals surface area contributed by atoms with Crippen LogP contribution in [0, 0.1) is 25.2 Å². The Balaban J connectivity index is 2.23. The number of benzene rings is 1. The Labute approximate surface area is 111 Å². The molecule has 0 aliphatic carbocycles. The summed E-state index contributed by atoms with van der Waals surface area (Å²) in [5.41, 5.74) is 3.17. The van der Waals surface area contributed by atoms with E-state index in [1.807, 2.05) is 33.0 Å². The maximum atomic E-state index is 9.29. The Kier molecular flexibility index (Phi) is 2.46. The van der Waals surface area contributed by atoms with Crippen LogP contribution in [-0.2, 0) is 7.05 Å². The van der Waals surface area contributed by atoms with Crippen LogP contribution in [0.4, 0.5) is 0 Å². The van der Waals surface area contributed by atoms with Gasteiger partial charge in [-0.05, 0) is 31.5 Å². The summed E-state index contributed by atoms with van der Waals surface area (Å²) in [4.78, 5) is 4.48. The number of imidazole rings is 1. The van der Waals surface area contributed by atoms with E-state index in [4.69, 9.17) is 9.47 Å². The SMILES string of the molecule is Cc1cc2c(cc1-c1nc(C)n(C)c1C#N)OCO2. The summed E-state index contributed by atoms with van der Waals surface area (Å²) in [6.07, 6.45) is 0. The van der Waals surface area contributed by atoms with Crippen LogP contribution in [0.15, 0.2) is 12.1 Å². The normalized spacial score (nSPS) is 12.5. The van der Waals surface area contributed by atoms with E-state index in [2.05, 4.69) is 11.1 Å². The standard InChI is InChI=1S/C14H13N3O2/c1-8-4-12-13(19-7-18-12)5-10(8)14-11(6-15)17(3)9(2)16-14/h4-5H,7H2,1-3H3. The van der Waals surface area contributed by atoms with Crippen LogP contribution in [0.1, 0.15) is 17.1 Å². The monoisotopic (exact) mass is 255 g/mol. The van der Waals surface area contributed by atoms with Gasteiger partial charge in [-0.15, -0.1) is 0 Å². The average molecular weight is 255 g/mol. The van der Waals surface area contributed by atoms with Crippen molar-refractivity contribution in [2.45, 2.75) is 13.8 Å². The van der Waals surface area contributed by atoms with E-state index in [-0.39, 0.29) is 6.79 Å². The third-order valence-corrected chi connectivity index (χ3v) is 3.40. The fourth-order valence-corrected chi connectivity index (χ4v) is 2.22. The number of nitriles is 1. The van der Waals surface area contributed by atoms with Gasteiger partial charge in [0.25, 0.3) is 0 Å². The van der Waals surface area contributed by atoms with Gasteiger partial charge in [-0.1, -0.05) is 0 Å². The molecule has 3 rings (SSSR count). The van der Waals surface area contributed by atoms with Crippen molar-refractivity contribution in [1.82, 2.24) is 9.55 Å². The minimum Gasteiger partial charge on any atom is -0.454 e. The topological polar surface area (TPSA) is 60.1 Å². The molecule has 0 spiro atoms. The summed E-state index contributed by atoms with van der Waals surface area (Å²) in [5, 5.41) is 9.29. The van der Waals surface area contributed by atoms with Crippen LogP contribution < -0.4 is 9.47 Å². The van der Waals surface area contributed by atoms with Gasteiger partial charge in [-0.2, -0.15) is 5.26 Å². The number of rotatable bonds is 1. The Hall–Kier alpha value is -2.48. The lowest BCUT2D eigenvalue weighted by Crippen LogP contribution is -1.95. The molecule has 0 bridgehead atoms. The van der Waals surface area contributed by atoms with Crippen molar-refractivity contribution in [2.75, 3.05) is 6.79 Å². The molecule has 0 amide bonds. The minimum atomic E-state index is 0.241. The van der Waals surface area contributed by atoms with Gasteiger partial charge < -0.3 is 14.0 Å². The van der Waals surface area contributed by atoms with Gasteiger partial charge in [0.1, 0.15) is 23.3 Å². The Morgan fingerprint density at radius 3 is 2.63 bits per heavy atom. The van der Waals surface area contributed by atoms with Gasteiger partial charge >= 0.3 is 0 Å². The molecular weight excluding hydrogens is 242 g/mol. The first-order chi connectivity index (χ1) is 9.11. The number of hydrogen-bond acceptors (Lipinski definition) is 4. The van der Waals surface area contributed by atoms with E-state index in [1.54, 1.807) is 4.57 Å². The van der Waals surface area contributed by atoms with E-state index in [0.29, 0.717) is 17.1 Å². The van der Waals surface area contributed by atoms with Crippen LogP contribution >= 0.6 is 0 Å². The number of aryl methyl sites for hydroxylation is 2. The van der Waals surface area contributed by atoms with E-state index in [1.165, 1.54) is 0 Å². The number of hydrogen-bond donors (Lipinski definition) is 0. The summed E-state index contributed by atoms with van der Waals surface area (Å²) < 4.78 is 12.5. The highest BCUT2D eigenvalue weighted by Crippen LogP contribution is 2.38. The maximum absolute atomic E-state index is 9.29. The lowest BCUT2D eigenvalue weighted by Gasteiger charge is -2.05. The molecule has 0 unspecified atom stereocenters. The predicted molar refractivity (Wildman–Crippen MR) is 69.0 cm³/mol. The van der Waals surface area contributed by atoms with E-state index < -0.39 is 0 Å². The first-order valence-corrected chi connectivity index (χ1v) is 5.96. The van der Waals surface area contributed by atoms with Crippen molar-refractivity contribution in [3.8, 4) is 28.8 Å². The Morgan fingerprint density at radius 2 is 1.95 bits per heavy atom. The molecule has 5 nitrogen and oxygen atoms in total. The third kappa shape index (κ3) is 1.65. The van der Waals surface area contributed by atoms with Crippen molar-refractivity contribution in [3.63, 3.8) is 0 Å². The summed E-state index contributed by atoms with van der Waals surface area (Å²) in [5.74, 6) is 2.25. The molecule has 1 aromatic carbocycles. The molecule has 2 aromatic rings. The molecule has 0 N–H and O–H groups in total. The number of fused-ring (bicyclic) bond motifs is 1. The molecule has 0 saturated heterocycles. The van der Waals surface area contributed by atoms with Crippen molar-refractivity contribution in [2.24, 2.45) is 7.05 Å². The van der Waals surface area contributed by atoms with E-state index >= 15 is 0 Å². The molecule has 19 heavy (non-hydrogen) atoms. The lowest BCUT2D eigenvalue weighted by molar-refractivity contribution is 0.174. The zero-order valence-electron chi connectivity index (χ0n) is 11.0. The molecule has 1 aliphatic rings. The fourth-order valence-electron chi connectivity index (χ4n) is 2.22.